The highest BCUT2D eigenvalue weighted by Gasteiger charge is 2.30. The van der Waals surface area contributed by atoms with Gasteiger partial charge in [0.2, 0.25) is 10.0 Å². The number of hydrogen-bond donors (Lipinski definition) is 1. The number of benzene rings is 1. The smallest absolute Gasteiger partial charge is 0.265 e. The quantitative estimate of drug-likeness (QED) is 0.891. The van der Waals surface area contributed by atoms with Crippen LogP contribution in [0.1, 0.15) is 21.3 Å². The molecule has 1 aliphatic heterocycles. The fourth-order valence-corrected chi connectivity index (χ4v) is 4.47. The van der Waals surface area contributed by atoms with E-state index >= 15 is 0 Å². The van der Waals surface area contributed by atoms with E-state index in [1.165, 1.54) is 28.5 Å². The first kappa shape index (κ1) is 17.0. The van der Waals surface area contributed by atoms with Gasteiger partial charge in [0.1, 0.15) is 21.7 Å². The molecule has 1 unspecified atom stereocenters. The second kappa shape index (κ2) is 6.60. The van der Waals surface area contributed by atoms with Crippen LogP contribution in [0, 0.1) is 5.82 Å². The maximum atomic E-state index is 13.0. The van der Waals surface area contributed by atoms with E-state index in [1.54, 1.807) is 12.1 Å². The van der Waals surface area contributed by atoms with Crippen molar-refractivity contribution in [1.29, 1.82) is 0 Å². The summed E-state index contributed by atoms with van der Waals surface area (Å²) in [5.74, 6) is -0.747. The van der Waals surface area contributed by atoms with E-state index < -0.39 is 15.9 Å². The number of carbonyl (C=O) groups excluding carboxylic acids is 1. The van der Waals surface area contributed by atoms with Gasteiger partial charge < -0.3 is 9.64 Å². The molecular weight excluding hydrogens is 355 g/mol. The van der Waals surface area contributed by atoms with Gasteiger partial charge in [0.25, 0.3) is 5.91 Å². The van der Waals surface area contributed by atoms with Crippen molar-refractivity contribution in [3.8, 4) is 0 Å². The van der Waals surface area contributed by atoms with Crippen LogP contribution in [0.4, 0.5) is 4.39 Å². The lowest BCUT2D eigenvalue weighted by molar-refractivity contribution is -0.0227. The zero-order valence-corrected chi connectivity index (χ0v) is 14.1. The van der Waals surface area contributed by atoms with Crippen LogP contribution in [-0.2, 0) is 14.8 Å². The lowest BCUT2D eigenvalue weighted by atomic mass is 10.1. The molecule has 2 aromatic rings. The molecule has 128 valence electrons. The van der Waals surface area contributed by atoms with E-state index in [0.29, 0.717) is 13.2 Å². The van der Waals surface area contributed by atoms with Crippen molar-refractivity contribution >= 4 is 27.3 Å². The molecule has 0 bridgehead atoms. The summed E-state index contributed by atoms with van der Waals surface area (Å²) in [6.07, 6.45) is -0.388. The van der Waals surface area contributed by atoms with Gasteiger partial charge in [0.05, 0.1) is 13.2 Å². The van der Waals surface area contributed by atoms with Crippen molar-refractivity contribution in [3.05, 3.63) is 52.0 Å². The molecular formula is C15H15FN2O4S2. The van der Waals surface area contributed by atoms with Crippen LogP contribution in [0.5, 0.6) is 0 Å². The molecule has 9 heteroatoms. The number of primary sulfonamides is 1. The summed E-state index contributed by atoms with van der Waals surface area (Å²) in [7, 11) is -3.95. The number of ether oxygens (including phenoxy) is 1. The van der Waals surface area contributed by atoms with Gasteiger partial charge in [0.15, 0.2) is 0 Å². The van der Waals surface area contributed by atoms with E-state index in [4.69, 9.17) is 9.88 Å². The van der Waals surface area contributed by atoms with Crippen molar-refractivity contribution < 1.29 is 22.3 Å². The molecule has 1 atom stereocenters. The van der Waals surface area contributed by atoms with Crippen molar-refractivity contribution in [2.75, 3.05) is 19.7 Å². The molecule has 1 aromatic heterocycles. The Balaban J connectivity index is 1.81. The second-order valence-corrected chi connectivity index (χ2v) is 7.77. The van der Waals surface area contributed by atoms with Gasteiger partial charge in [-0.2, -0.15) is 0 Å². The van der Waals surface area contributed by atoms with Crippen LogP contribution in [-0.4, -0.2) is 38.9 Å². The third-order valence-electron chi connectivity index (χ3n) is 3.73. The maximum absolute atomic E-state index is 13.0. The lowest BCUT2D eigenvalue weighted by Crippen LogP contribution is -2.42. The molecule has 1 fully saturated rings. The fourth-order valence-electron chi connectivity index (χ4n) is 2.53. The summed E-state index contributed by atoms with van der Waals surface area (Å²) in [5.41, 5.74) is 0.756. The van der Waals surface area contributed by atoms with E-state index in [9.17, 15) is 17.6 Å². The van der Waals surface area contributed by atoms with E-state index in [2.05, 4.69) is 0 Å². The molecule has 1 amide bonds. The molecule has 24 heavy (non-hydrogen) atoms. The first-order valence-corrected chi connectivity index (χ1v) is 9.55. The molecule has 3 rings (SSSR count). The number of sulfonamides is 1. The highest BCUT2D eigenvalue weighted by molar-refractivity contribution is 7.89. The number of nitrogens with zero attached hydrogens (tertiary/aromatic N) is 1. The summed E-state index contributed by atoms with van der Waals surface area (Å²) in [6, 6.07) is 7.20. The Labute approximate surface area is 142 Å². The van der Waals surface area contributed by atoms with Crippen LogP contribution in [0.3, 0.4) is 0 Å². The van der Waals surface area contributed by atoms with Gasteiger partial charge >= 0.3 is 0 Å². The van der Waals surface area contributed by atoms with Crippen LogP contribution < -0.4 is 5.14 Å². The van der Waals surface area contributed by atoms with Gasteiger partial charge in [-0.1, -0.05) is 12.1 Å². The monoisotopic (exact) mass is 370 g/mol. The Morgan fingerprint density at radius 2 is 2.00 bits per heavy atom. The molecule has 1 aliphatic rings. The Bertz CT molecular complexity index is 849. The molecule has 2 heterocycles. The molecule has 1 saturated heterocycles. The van der Waals surface area contributed by atoms with Crippen LogP contribution in [0.2, 0.25) is 0 Å². The number of rotatable bonds is 3. The van der Waals surface area contributed by atoms with Crippen molar-refractivity contribution in [2.24, 2.45) is 5.14 Å². The average Bonchev–Trinajstić information content (AvgIpc) is 3.05. The van der Waals surface area contributed by atoms with Crippen LogP contribution in [0.25, 0.3) is 0 Å². The lowest BCUT2D eigenvalue weighted by Gasteiger charge is -2.33. The first-order valence-electron chi connectivity index (χ1n) is 7.13. The fraction of sp³-hybridized carbons (Fsp3) is 0.267. The van der Waals surface area contributed by atoms with Crippen molar-refractivity contribution in [2.45, 2.75) is 11.0 Å². The minimum atomic E-state index is -3.95. The maximum Gasteiger partial charge on any atom is 0.265 e. The second-order valence-electron chi connectivity index (χ2n) is 5.32. The Morgan fingerprint density at radius 3 is 2.67 bits per heavy atom. The number of thiophene rings is 1. The third kappa shape index (κ3) is 3.48. The molecule has 0 aliphatic carbocycles. The van der Waals surface area contributed by atoms with Crippen molar-refractivity contribution in [3.63, 3.8) is 0 Å². The third-order valence-corrected chi connectivity index (χ3v) is 5.71. The van der Waals surface area contributed by atoms with Gasteiger partial charge in [-0.05, 0) is 29.1 Å². The largest absolute Gasteiger partial charge is 0.370 e. The minimum absolute atomic E-state index is 0.0947. The van der Waals surface area contributed by atoms with Crippen LogP contribution in [0.15, 0.2) is 40.6 Å². The predicted octanol–water partition coefficient (Wildman–Crippen LogP) is 1.75. The summed E-state index contributed by atoms with van der Waals surface area (Å²) >= 11 is 1.04. The minimum Gasteiger partial charge on any atom is -0.370 e. The Kier molecular flexibility index (Phi) is 4.68. The summed E-state index contributed by atoms with van der Waals surface area (Å²) in [5, 5.41) is 6.67. The molecule has 0 radical (unpaired) electrons. The van der Waals surface area contributed by atoms with Gasteiger partial charge in [0, 0.05) is 6.54 Å². The number of amides is 1. The Hall–Kier alpha value is -1.81. The van der Waals surface area contributed by atoms with Gasteiger partial charge in [-0.3, -0.25) is 4.79 Å². The molecule has 2 N–H and O–H groups in total. The summed E-state index contributed by atoms with van der Waals surface area (Å²) in [4.78, 5) is 14.1. The van der Waals surface area contributed by atoms with E-state index in [1.807, 2.05) is 0 Å². The molecule has 6 nitrogen and oxygen atoms in total. The summed E-state index contributed by atoms with van der Waals surface area (Å²) in [6.45, 7) is 0.911. The topological polar surface area (TPSA) is 89.7 Å². The standard InChI is InChI=1S/C15H15FN2O4S2/c16-11-3-1-10(2-4-11)12-9-18(6-7-22-12)15(19)14-13(5-8-23-14)24(17,20)21/h1-5,8,12H,6-7,9H2,(H2,17,20,21). The zero-order chi connectivity index (χ0) is 17.3. The average molecular weight is 370 g/mol. The molecule has 0 saturated carbocycles. The highest BCUT2D eigenvalue weighted by atomic mass is 32.2. The molecule has 0 spiro atoms. The number of nitrogens with two attached hydrogens (primary N) is 1. The number of carbonyl (C=O) groups is 1. The number of morpholine rings is 1. The zero-order valence-electron chi connectivity index (χ0n) is 12.5. The SMILES string of the molecule is NS(=O)(=O)c1ccsc1C(=O)N1CCOC(c2ccc(F)cc2)C1. The summed E-state index contributed by atoms with van der Waals surface area (Å²) < 4.78 is 41.8. The normalized spacial score (nSPS) is 18.6. The number of hydrogen-bond acceptors (Lipinski definition) is 5. The Morgan fingerprint density at radius 1 is 1.29 bits per heavy atom. The first-order chi connectivity index (χ1) is 11.4. The number of halogens is 1. The predicted molar refractivity (Wildman–Crippen MR) is 86.7 cm³/mol. The molecule has 1 aromatic carbocycles. The highest BCUT2D eigenvalue weighted by Crippen LogP contribution is 2.27. The van der Waals surface area contributed by atoms with E-state index in [0.717, 1.165) is 16.9 Å². The van der Waals surface area contributed by atoms with E-state index in [-0.39, 0.29) is 28.2 Å². The van der Waals surface area contributed by atoms with Gasteiger partial charge in [-0.25, -0.2) is 17.9 Å². The van der Waals surface area contributed by atoms with Crippen molar-refractivity contribution in [1.82, 2.24) is 4.90 Å². The van der Waals surface area contributed by atoms with Gasteiger partial charge in [-0.15, -0.1) is 11.3 Å². The van der Waals surface area contributed by atoms with Crippen LogP contribution >= 0.6 is 11.3 Å².